The third kappa shape index (κ3) is 2.05. The highest BCUT2D eigenvalue weighted by molar-refractivity contribution is 5.54. The predicted octanol–water partition coefficient (Wildman–Crippen LogP) is 1.56. The van der Waals surface area contributed by atoms with Crippen LogP contribution in [0.5, 0.6) is 0 Å². The van der Waals surface area contributed by atoms with Gasteiger partial charge in [0, 0.05) is 24.2 Å². The third-order valence-electron chi connectivity index (χ3n) is 3.94. The van der Waals surface area contributed by atoms with Gasteiger partial charge in [0.25, 0.3) is 0 Å². The zero-order chi connectivity index (χ0) is 11.7. The highest BCUT2D eigenvalue weighted by Crippen LogP contribution is 2.32. The first-order chi connectivity index (χ1) is 8.31. The van der Waals surface area contributed by atoms with Gasteiger partial charge in [0.05, 0.1) is 13.2 Å². The average Bonchev–Trinajstić information content (AvgIpc) is 2.34. The van der Waals surface area contributed by atoms with E-state index in [1.165, 1.54) is 29.7 Å². The van der Waals surface area contributed by atoms with Crippen LogP contribution in [0, 0.1) is 5.41 Å². The summed E-state index contributed by atoms with van der Waals surface area (Å²) in [5, 5.41) is 3.45. The first-order valence-electron chi connectivity index (χ1n) is 6.45. The van der Waals surface area contributed by atoms with E-state index in [2.05, 4.69) is 23.5 Å². The van der Waals surface area contributed by atoms with Crippen LogP contribution in [0.3, 0.4) is 0 Å². The van der Waals surface area contributed by atoms with E-state index >= 15 is 0 Å². The fourth-order valence-electron chi connectivity index (χ4n) is 2.75. The Morgan fingerprint density at radius 3 is 2.94 bits per heavy atom. The molecule has 0 spiro atoms. The molecule has 0 aliphatic carbocycles. The van der Waals surface area contributed by atoms with E-state index in [0.29, 0.717) is 0 Å². The summed E-state index contributed by atoms with van der Waals surface area (Å²) in [6.07, 6.45) is 3.49. The number of hydrogen-bond acceptors (Lipinski definition) is 3. The molecule has 17 heavy (non-hydrogen) atoms. The smallest absolute Gasteiger partial charge is 0.0560 e. The number of rotatable bonds is 3. The highest BCUT2D eigenvalue weighted by Gasteiger charge is 2.37. The summed E-state index contributed by atoms with van der Waals surface area (Å²) in [4.78, 5) is 0. The molecule has 2 aliphatic heterocycles. The van der Waals surface area contributed by atoms with Crippen LogP contribution in [0.2, 0.25) is 0 Å². The highest BCUT2D eigenvalue weighted by atomic mass is 16.5. The van der Waals surface area contributed by atoms with Crippen LogP contribution >= 0.6 is 0 Å². The number of hydrogen-bond donors (Lipinski definition) is 2. The summed E-state index contributed by atoms with van der Waals surface area (Å²) < 4.78 is 5.32. The van der Waals surface area contributed by atoms with E-state index in [1.807, 2.05) is 0 Å². The van der Waals surface area contributed by atoms with Crippen molar-refractivity contribution in [3.63, 3.8) is 0 Å². The molecule has 2 heterocycles. The molecule has 3 nitrogen and oxygen atoms in total. The average molecular weight is 232 g/mol. The van der Waals surface area contributed by atoms with Crippen LogP contribution in [-0.2, 0) is 17.6 Å². The number of nitrogens with two attached hydrogens (primary N) is 1. The van der Waals surface area contributed by atoms with Crippen LogP contribution < -0.4 is 11.1 Å². The van der Waals surface area contributed by atoms with Crippen LogP contribution in [0.15, 0.2) is 18.2 Å². The van der Waals surface area contributed by atoms with Crippen molar-refractivity contribution in [1.82, 2.24) is 0 Å². The van der Waals surface area contributed by atoms with Gasteiger partial charge in [-0.15, -0.1) is 0 Å². The Morgan fingerprint density at radius 2 is 2.24 bits per heavy atom. The molecule has 0 saturated carbocycles. The van der Waals surface area contributed by atoms with Crippen LogP contribution in [0.1, 0.15) is 17.5 Å². The van der Waals surface area contributed by atoms with Crippen molar-refractivity contribution in [2.45, 2.75) is 19.3 Å². The molecule has 0 bridgehead atoms. The Labute approximate surface area is 102 Å². The topological polar surface area (TPSA) is 47.3 Å². The number of anilines is 1. The van der Waals surface area contributed by atoms with Gasteiger partial charge in [-0.25, -0.2) is 0 Å². The van der Waals surface area contributed by atoms with Gasteiger partial charge in [0.1, 0.15) is 0 Å². The Hall–Kier alpha value is -1.06. The number of nitrogens with one attached hydrogen (secondary N) is 1. The number of benzene rings is 1. The molecule has 92 valence electrons. The molecule has 2 aliphatic rings. The van der Waals surface area contributed by atoms with E-state index in [0.717, 1.165) is 32.7 Å². The number of ether oxygens (including phenoxy) is 1. The summed E-state index contributed by atoms with van der Waals surface area (Å²) in [5.74, 6) is 0. The van der Waals surface area contributed by atoms with Crippen molar-refractivity contribution in [3.05, 3.63) is 29.3 Å². The zero-order valence-corrected chi connectivity index (χ0v) is 10.2. The molecule has 1 aromatic carbocycles. The maximum atomic E-state index is 5.86. The minimum atomic E-state index is 0.205. The monoisotopic (exact) mass is 232 g/mol. The summed E-state index contributed by atoms with van der Waals surface area (Å²) in [6.45, 7) is 3.47. The number of fused-ring (bicyclic) bond motifs is 1. The lowest BCUT2D eigenvalue weighted by molar-refractivity contribution is -0.106. The Bertz CT molecular complexity index is 407. The molecule has 0 amide bonds. The maximum Gasteiger partial charge on any atom is 0.0560 e. The molecule has 0 aromatic heterocycles. The second-order valence-corrected chi connectivity index (χ2v) is 5.40. The van der Waals surface area contributed by atoms with Crippen LogP contribution in [-0.4, -0.2) is 26.3 Å². The lowest BCUT2D eigenvalue weighted by Gasteiger charge is -2.40. The van der Waals surface area contributed by atoms with Crippen molar-refractivity contribution in [2.75, 3.05) is 31.6 Å². The van der Waals surface area contributed by atoms with Gasteiger partial charge < -0.3 is 15.8 Å². The Kier molecular flexibility index (Phi) is 2.81. The molecule has 0 unspecified atom stereocenters. The fourth-order valence-corrected chi connectivity index (χ4v) is 2.75. The van der Waals surface area contributed by atoms with Gasteiger partial charge in [-0.3, -0.25) is 0 Å². The Balaban J connectivity index is 1.79. The third-order valence-corrected chi connectivity index (χ3v) is 3.94. The Morgan fingerprint density at radius 1 is 1.35 bits per heavy atom. The minimum absolute atomic E-state index is 0.205. The SMILES string of the molecule is NCC1(Cc2ccc3c(c2)CCCN3)COC1. The zero-order valence-electron chi connectivity index (χ0n) is 10.2. The second kappa shape index (κ2) is 4.31. The molecular formula is C14H20N2O. The molecular weight excluding hydrogens is 212 g/mol. The normalized spacial score (nSPS) is 21.2. The van der Waals surface area contributed by atoms with Gasteiger partial charge >= 0.3 is 0 Å². The van der Waals surface area contributed by atoms with Gasteiger partial charge in [-0.05, 0) is 36.5 Å². The predicted molar refractivity (Wildman–Crippen MR) is 69.3 cm³/mol. The van der Waals surface area contributed by atoms with Crippen molar-refractivity contribution in [1.29, 1.82) is 0 Å². The van der Waals surface area contributed by atoms with E-state index < -0.39 is 0 Å². The molecule has 0 radical (unpaired) electrons. The van der Waals surface area contributed by atoms with Crippen molar-refractivity contribution >= 4 is 5.69 Å². The molecule has 0 atom stereocenters. The van der Waals surface area contributed by atoms with Gasteiger partial charge in [0.2, 0.25) is 0 Å². The van der Waals surface area contributed by atoms with Crippen LogP contribution in [0.4, 0.5) is 5.69 Å². The van der Waals surface area contributed by atoms with Gasteiger partial charge in [0.15, 0.2) is 0 Å². The van der Waals surface area contributed by atoms with E-state index in [-0.39, 0.29) is 5.41 Å². The van der Waals surface area contributed by atoms with E-state index in [9.17, 15) is 0 Å². The lowest BCUT2D eigenvalue weighted by atomic mass is 9.79. The summed E-state index contributed by atoms with van der Waals surface area (Å²) in [5.41, 5.74) is 10.2. The largest absolute Gasteiger partial charge is 0.385 e. The van der Waals surface area contributed by atoms with Gasteiger partial charge in [-0.1, -0.05) is 12.1 Å². The van der Waals surface area contributed by atoms with Crippen LogP contribution in [0.25, 0.3) is 0 Å². The first kappa shape index (κ1) is 11.1. The lowest BCUT2D eigenvalue weighted by Crippen LogP contribution is -2.49. The van der Waals surface area contributed by atoms with E-state index in [1.54, 1.807) is 0 Å². The molecule has 1 fully saturated rings. The van der Waals surface area contributed by atoms with Gasteiger partial charge in [-0.2, -0.15) is 0 Å². The number of aryl methyl sites for hydroxylation is 1. The van der Waals surface area contributed by atoms with Crippen molar-refractivity contribution < 1.29 is 4.74 Å². The molecule has 3 rings (SSSR count). The van der Waals surface area contributed by atoms with Crippen molar-refractivity contribution in [2.24, 2.45) is 11.1 Å². The molecule has 1 saturated heterocycles. The standard InChI is InChI=1S/C14H20N2O/c15-8-14(9-17-10-14)7-11-3-4-13-12(6-11)2-1-5-16-13/h3-4,6,16H,1-2,5,7-10,15H2. The fraction of sp³-hybridized carbons (Fsp3) is 0.571. The van der Waals surface area contributed by atoms with Crippen molar-refractivity contribution in [3.8, 4) is 0 Å². The molecule has 3 heteroatoms. The summed E-state index contributed by atoms with van der Waals surface area (Å²) in [6, 6.07) is 6.79. The maximum absolute atomic E-state index is 5.86. The summed E-state index contributed by atoms with van der Waals surface area (Å²) >= 11 is 0. The van der Waals surface area contributed by atoms with E-state index in [4.69, 9.17) is 10.5 Å². The summed E-state index contributed by atoms with van der Waals surface area (Å²) in [7, 11) is 0. The molecule has 3 N–H and O–H groups in total. The second-order valence-electron chi connectivity index (χ2n) is 5.40. The minimum Gasteiger partial charge on any atom is -0.385 e. The first-order valence-corrected chi connectivity index (χ1v) is 6.45. The quantitative estimate of drug-likeness (QED) is 0.831. The molecule has 1 aromatic rings.